The number of benzene rings is 1. The number of nitrogens with zero attached hydrogens (tertiary/aromatic N) is 1. The largest absolute Gasteiger partial charge is 0.467 e. The first kappa shape index (κ1) is 11.9. The number of carbonyl (C=O) groups excluding carboxylic acids is 1. The number of carbonyl (C=O) groups is 1. The van der Waals surface area contributed by atoms with Crippen molar-refractivity contribution in [1.29, 1.82) is 0 Å². The molecular weight excluding hydrogens is 258 g/mol. The van der Waals surface area contributed by atoms with Crippen LogP contribution in [0.1, 0.15) is 12.5 Å². The minimum Gasteiger partial charge on any atom is -0.467 e. The van der Waals surface area contributed by atoms with Crippen molar-refractivity contribution in [2.75, 3.05) is 7.11 Å². The first-order chi connectivity index (χ1) is 7.13. The van der Waals surface area contributed by atoms with E-state index in [0.717, 1.165) is 10.0 Å². The summed E-state index contributed by atoms with van der Waals surface area (Å²) in [6.07, 6.45) is 1.66. The molecule has 0 aromatic heterocycles. The van der Waals surface area contributed by atoms with Gasteiger partial charge in [0.15, 0.2) is 0 Å². The van der Waals surface area contributed by atoms with Crippen molar-refractivity contribution in [3.63, 3.8) is 0 Å². The third-order valence-electron chi connectivity index (χ3n) is 1.86. The quantitative estimate of drug-likeness (QED) is 0.625. The SMILES string of the molecule is COC(=O)C(C)N=Cc1ccc(Br)cc1. The summed E-state index contributed by atoms with van der Waals surface area (Å²) in [6, 6.07) is 7.21. The number of halogens is 1. The second-order valence-corrected chi connectivity index (χ2v) is 3.94. The molecule has 1 unspecified atom stereocenters. The number of rotatable bonds is 3. The van der Waals surface area contributed by atoms with Gasteiger partial charge >= 0.3 is 5.97 Å². The minimum absolute atomic E-state index is 0.330. The monoisotopic (exact) mass is 269 g/mol. The molecule has 0 radical (unpaired) electrons. The molecule has 0 saturated heterocycles. The number of ether oxygens (including phenoxy) is 1. The standard InChI is InChI=1S/C11H12BrNO2/c1-8(11(14)15-2)13-7-9-3-5-10(12)6-4-9/h3-8H,1-2H3. The molecule has 0 heterocycles. The van der Waals surface area contributed by atoms with Crippen molar-refractivity contribution >= 4 is 28.1 Å². The molecule has 4 heteroatoms. The zero-order valence-corrected chi connectivity index (χ0v) is 10.2. The van der Waals surface area contributed by atoms with Crippen molar-refractivity contribution in [3.8, 4) is 0 Å². The molecule has 80 valence electrons. The third-order valence-corrected chi connectivity index (χ3v) is 2.39. The smallest absolute Gasteiger partial charge is 0.330 e. The van der Waals surface area contributed by atoms with Crippen molar-refractivity contribution in [2.45, 2.75) is 13.0 Å². The van der Waals surface area contributed by atoms with Gasteiger partial charge in [0.05, 0.1) is 7.11 Å². The van der Waals surface area contributed by atoms with Crippen LogP contribution >= 0.6 is 15.9 Å². The van der Waals surface area contributed by atoms with Gasteiger partial charge < -0.3 is 4.74 Å². The second-order valence-electron chi connectivity index (χ2n) is 3.03. The van der Waals surface area contributed by atoms with Gasteiger partial charge in [0.2, 0.25) is 0 Å². The van der Waals surface area contributed by atoms with Crippen molar-refractivity contribution in [1.82, 2.24) is 0 Å². The van der Waals surface area contributed by atoms with Gasteiger partial charge in [-0.2, -0.15) is 0 Å². The fourth-order valence-electron chi connectivity index (χ4n) is 0.978. The lowest BCUT2D eigenvalue weighted by molar-refractivity contribution is -0.141. The Labute approximate surface area is 97.3 Å². The third kappa shape index (κ3) is 3.83. The van der Waals surface area contributed by atoms with Crippen LogP contribution in [0, 0.1) is 0 Å². The van der Waals surface area contributed by atoms with E-state index in [2.05, 4.69) is 25.7 Å². The molecule has 0 N–H and O–H groups in total. The lowest BCUT2D eigenvalue weighted by Crippen LogP contribution is -2.16. The highest BCUT2D eigenvalue weighted by Gasteiger charge is 2.09. The van der Waals surface area contributed by atoms with Gasteiger partial charge in [0.1, 0.15) is 6.04 Å². The predicted octanol–water partition coefficient (Wildman–Crippen LogP) is 2.43. The zero-order valence-electron chi connectivity index (χ0n) is 8.61. The molecule has 0 amide bonds. The summed E-state index contributed by atoms with van der Waals surface area (Å²) in [4.78, 5) is 15.1. The summed E-state index contributed by atoms with van der Waals surface area (Å²) in [5.41, 5.74) is 0.953. The van der Waals surface area contributed by atoms with E-state index in [9.17, 15) is 4.79 Å². The number of aliphatic imine (C=N–C) groups is 1. The summed E-state index contributed by atoms with van der Waals surface area (Å²) < 4.78 is 5.57. The Hall–Kier alpha value is -1.16. The van der Waals surface area contributed by atoms with Crippen LogP contribution in [0.25, 0.3) is 0 Å². The maximum Gasteiger partial charge on any atom is 0.330 e. The summed E-state index contributed by atoms with van der Waals surface area (Å²) in [5, 5.41) is 0. The van der Waals surface area contributed by atoms with E-state index in [-0.39, 0.29) is 5.97 Å². The fourth-order valence-corrected chi connectivity index (χ4v) is 1.24. The highest BCUT2D eigenvalue weighted by Crippen LogP contribution is 2.09. The van der Waals surface area contributed by atoms with Crippen LogP contribution in [-0.2, 0) is 9.53 Å². The Bertz CT molecular complexity index is 359. The van der Waals surface area contributed by atoms with E-state index in [4.69, 9.17) is 0 Å². The molecular formula is C11H12BrNO2. The average Bonchev–Trinajstić information content (AvgIpc) is 2.26. The molecule has 1 atom stereocenters. The maximum absolute atomic E-state index is 11.0. The number of methoxy groups -OCH3 is 1. The van der Waals surface area contributed by atoms with E-state index < -0.39 is 6.04 Å². The Balaban J connectivity index is 2.65. The van der Waals surface area contributed by atoms with Gasteiger partial charge in [0.25, 0.3) is 0 Å². The molecule has 0 aliphatic heterocycles. The van der Waals surface area contributed by atoms with Crippen LogP contribution < -0.4 is 0 Å². The van der Waals surface area contributed by atoms with Crippen molar-refractivity contribution < 1.29 is 9.53 Å². The van der Waals surface area contributed by atoms with Gasteiger partial charge in [0, 0.05) is 10.7 Å². The number of esters is 1. The van der Waals surface area contributed by atoms with Crippen molar-refractivity contribution in [3.05, 3.63) is 34.3 Å². The van der Waals surface area contributed by atoms with Crippen LogP contribution in [0.4, 0.5) is 0 Å². The van der Waals surface area contributed by atoms with E-state index in [0.29, 0.717) is 0 Å². The lowest BCUT2D eigenvalue weighted by Gasteiger charge is -2.02. The summed E-state index contributed by atoms with van der Waals surface area (Å²) in [7, 11) is 1.36. The number of hydrogen-bond donors (Lipinski definition) is 0. The van der Waals surface area contributed by atoms with Gasteiger partial charge in [-0.25, -0.2) is 4.79 Å². The summed E-state index contributed by atoms with van der Waals surface area (Å²) in [5.74, 6) is -0.330. The maximum atomic E-state index is 11.0. The molecule has 0 aliphatic rings. The predicted molar refractivity (Wildman–Crippen MR) is 63.2 cm³/mol. The zero-order chi connectivity index (χ0) is 11.3. The molecule has 1 aromatic rings. The Kier molecular flexibility index (Phi) is 4.49. The average molecular weight is 270 g/mol. The van der Waals surface area contributed by atoms with Crippen molar-refractivity contribution in [2.24, 2.45) is 4.99 Å². The molecule has 3 nitrogen and oxygen atoms in total. The molecule has 15 heavy (non-hydrogen) atoms. The van der Waals surface area contributed by atoms with E-state index in [1.54, 1.807) is 13.1 Å². The Morgan fingerprint density at radius 2 is 2.07 bits per heavy atom. The molecule has 0 bridgehead atoms. The molecule has 1 rings (SSSR count). The molecule has 0 spiro atoms. The normalized spacial score (nSPS) is 12.7. The van der Waals surface area contributed by atoms with E-state index in [1.165, 1.54) is 7.11 Å². The van der Waals surface area contributed by atoms with E-state index >= 15 is 0 Å². The van der Waals surface area contributed by atoms with E-state index in [1.807, 2.05) is 24.3 Å². The summed E-state index contributed by atoms with van der Waals surface area (Å²) >= 11 is 3.34. The summed E-state index contributed by atoms with van der Waals surface area (Å²) in [6.45, 7) is 1.70. The van der Waals surface area contributed by atoms with Crippen LogP contribution in [0.5, 0.6) is 0 Å². The fraction of sp³-hybridized carbons (Fsp3) is 0.273. The Morgan fingerprint density at radius 1 is 1.47 bits per heavy atom. The van der Waals surface area contributed by atoms with Crippen LogP contribution in [0.15, 0.2) is 33.7 Å². The van der Waals surface area contributed by atoms with Crippen LogP contribution in [0.2, 0.25) is 0 Å². The highest BCUT2D eigenvalue weighted by atomic mass is 79.9. The van der Waals surface area contributed by atoms with Crippen LogP contribution in [-0.4, -0.2) is 25.3 Å². The first-order valence-electron chi connectivity index (χ1n) is 4.50. The Morgan fingerprint density at radius 3 is 2.60 bits per heavy atom. The molecule has 0 fully saturated rings. The van der Waals surface area contributed by atoms with Gasteiger partial charge in [-0.05, 0) is 24.6 Å². The number of hydrogen-bond acceptors (Lipinski definition) is 3. The van der Waals surface area contributed by atoms with Gasteiger partial charge in [-0.3, -0.25) is 4.99 Å². The van der Waals surface area contributed by atoms with Gasteiger partial charge in [-0.15, -0.1) is 0 Å². The first-order valence-corrected chi connectivity index (χ1v) is 5.29. The second kappa shape index (κ2) is 5.66. The lowest BCUT2D eigenvalue weighted by atomic mass is 10.2. The molecule has 0 aliphatic carbocycles. The molecule has 0 saturated carbocycles. The molecule has 1 aromatic carbocycles. The highest BCUT2D eigenvalue weighted by molar-refractivity contribution is 9.10. The minimum atomic E-state index is -0.460. The van der Waals surface area contributed by atoms with Crippen LogP contribution in [0.3, 0.4) is 0 Å². The van der Waals surface area contributed by atoms with Gasteiger partial charge in [-0.1, -0.05) is 28.1 Å². The topological polar surface area (TPSA) is 38.7 Å².